The van der Waals surface area contributed by atoms with Crippen molar-refractivity contribution in [1.29, 1.82) is 0 Å². The Morgan fingerprint density at radius 1 is 0.729 bits per heavy atom. The van der Waals surface area contributed by atoms with Gasteiger partial charge in [0.2, 0.25) is 17.7 Å². The molecule has 2 aromatic heterocycles. The molecule has 0 spiro atoms. The second kappa shape index (κ2) is 19.3. The minimum Gasteiger partial charge on any atom is -0.483 e. The lowest BCUT2D eigenvalue weighted by molar-refractivity contribution is -0.136. The quantitative estimate of drug-likeness (QED) is 0.0758. The van der Waals surface area contributed by atoms with E-state index in [0.717, 1.165) is 22.4 Å². The van der Waals surface area contributed by atoms with Gasteiger partial charge in [-0.15, -0.1) is 0 Å². The first-order chi connectivity index (χ1) is 28.8. The molecule has 6 amide bonds. The molecule has 0 radical (unpaired) electrons. The number of imide groups is 2. The summed E-state index contributed by atoms with van der Waals surface area (Å²) in [6.45, 7) is 1.68. The summed E-state index contributed by atoms with van der Waals surface area (Å²) in [4.78, 5) is 84.0. The number of carbonyl (C=O) groups excluding carboxylic acids is 6. The number of pyridine rings is 2. The number of nitrogens with one attached hydrogen (secondary N) is 3. The standard InChI is InChI=1S/C42H42N6O11/c49-35-8-7-33(40(52)47-35)48-41(53)31-2-1-3-34(39(31)42(48)54)58-24-36(50)44-12-14-55-16-18-57-19-17-56-15-13-45-37(51)25-59-38-9-5-28(22-46-38)26-4-6-30-29(20-26)21-27-10-11-43-23-32(27)30/h1-6,9-11,20,22-23,33H,7-8,12-19,21,24-25H2,(H,44,50)(H,45,51)(H,47,49,52). The SMILES string of the molecule is O=C(COc1ccc(-c2ccc3c(c2)Cc2ccncc2-3)cn1)NCCOCCOCCOCCNC(=O)COc1cccc2c1C(=O)N(C1CCC(=O)NC1=O)C2=O. The minimum absolute atomic E-state index is 0.00432. The van der Waals surface area contributed by atoms with Crippen molar-refractivity contribution in [2.75, 3.05) is 65.9 Å². The van der Waals surface area contributed by atoms with Gasteiger partial charge in [-0.1, -0.05) is 24.3 Å². The van der Waals surface area contributed by atoms with E-state index in [-0.39, 0.29) is 62.0 Å². The topological polar surface area (TPSA) is 214 Å². The van der Waals surface area contributed by atoms with Crippen LogP contribution in [0.5, 0.6) is 11.6 Å². The van der Waals surface area contributed by atoms with Crippen molar-refractivity contribution < 1.29 is 52.5 Å². The number of hydrogen-bond donors (Lipinski definition) is 3. The Balaban J connectivity index is 0.683. The molecule has 4 aromatic rings. The van der Waals surface area contributed by atoms with Gasteiger partial charge in [-0.05, 0) is 59.4 Å². The fourth-order valence-corrected chi connectivity index (χ4v) is 6.90. The van der Waals surface area contributed by atoms with E-state index in [4.69, 9.17) is 23.7 Å². The largest absolute Gasteiger partial charge is 0.483 e. The van der Waals surface area contributed by atoms with E-state index >= 15 is 0 Å². The van der Waals surface area contributed by atoms with Crippen LogP contribution >= 0.6 is 0 Å². The summed E-state index contributed by atoms with van der Waals surface area (Å²) in [7, 11) is 0. The van der Waals surface area contributed by atoms with Crippen LogP contribution in [0.15, 0.2) is 73.2 Å². The van der Waals surface area contributed by atoms with E-state index in [1.807, 2.05) is 18.5 Å². The lowest BCUT2D eigenvalue weighted by Crippen LogP contribution is -2.54. The highest BCUT2D eigenvalue weighted by molar-refractivity contribution is 6.24. The molecule has 59 heavy (non-hydrogen) atoms. The Bertz CT molecular complexity index is 2230. The van der Waals surface area contributed by atoms with Crippen molar-refractivity contribution in [1.82, 2.24) is 30.8 Å². The average molecular weight is 807 g/mol. The van der Waals surface area contributed by atoms with E-state index in [0.29, 0.717) is 38.9 Å². The number of aromatic nitrogens is 2. The number of benzene rings is 2. The number of carbonyl (C=O) groups is 6. The molecule has 3 N–H and O–H groups in total. The predicted molar refractivity (Wildman–Crippen MR) is 208 cm³/mol. The lowest BCUT2D eigenvalue weighted by atomic mass is 10.0. The molecule has 1 aliphatic carbocycles. The van der Waals surface area contributed by atoms with Gasteiger partial charge in [0.15, 0.2) is 13.2 Å². The average Bonchev–Trinajstić information content (AvgIpc) is 3.74. The molecular formula is C42H42N6O11. The molecule has 1 atom stereocenters. The van der Waals surface area contributed by atoms with Crippen molar-refractivity contribution in [3.63, 3.8) is 0 Å². The molecule has 17 nitrogen and oxygen atoms in total. The van der Waals surface area contributed by atoms with Crippen molar-refractivity contribution in [3.05, 3.63) is 95.4 Å². The first-order valence-electron chi connectivity index (χ1n) is 19.2. The second-order valence-corrected chi connectivity index (χ2v) is 13.7. The van der Waals surface area contributed by atoms with E-state index in [1.54, 1.807) is 12.3 Å². The maximum atomic E-state index is 13.2. The van der Waals surface area contributed by atoms with Gasteiger partial charge in [-0.25, -0.2) is 4.98 Å². The summed E-state index contributed by atoms with van der Waals surface area (Å²) in [5.41, 5.74) is 6.96. The van der Waals surface area contributed by atoms with Crippen LogP contribution in [0.25, 0.3) is 22.3 Å². The second-order valence-electron chi connectivity index (χ2n) is 13.7. The fourth-order valence-electron chi connectivity index (χ4n) is 6.90. The molecule has 1 saturated heterocycles. The third-order valence-corrected chi connectivity index (χ3v) is 9.78. The van der Waals surface area contributed by atoms with Crippen LogP contribution in [0.3, 0.4) is 0 Å². The normalized spacial score (nSPS) is 15.3. The number of fused-ring (bicyclic) bond motifs is 4. The van der Waals surface area contributed by atoms with Crippen LogP contribution in [-0.2, 0) is 39.8 Å². The molecule has 306 valence electrons. The molecule has 2 aromatic carbocycles. The molecule has 17 heteroatoms. The number of nitrogens with zero attached hydrogens (tertiary/aromatic N) is 3. The molecule has 0 saturated carbocycles. The highest BCUT2D eigenvalue weighted by Crippen LogP contribution is 2.38. The van der Waals surface area contributed by atoms with Crippen LogP contribution in [0.2, 0.25) is 0 Å². The van der Waals surface area contributed by atoms with Gasteiger partial charge in [0.1, 0.15) is 11.8 Å². The summed E-state index contributed by atoms with van der Waals surface area (Å²) in [6.07, 6.45) is 6.38. The van der Waals surface area contributed by atoms with Gasteiger partial charge in [0.05, 0.1) is 50.8 Å². The molecule has 0 bridgehead atoms. The van der Waals surface area contributed by atoms with Gasteiger partial charge in [-0.3, -0.25) is 44.0 Å². The number of amides is 6. The van der Waals surface area contributed by atoms with E-state index in [9.17, 15) is 28.8 Å². The van der Waals surface area contributed by atoms with Crippen LogP contribution in [0.4, 0.5) is 0 Å². The third kappa shape index (κ3) is 9.95. The van der Waals surface area contributed by atoms with Gasteiger partial charge < -0.3 is 34.3 Å². The predicted octanol–water partition coefficient (Wildman–Crippen LogP) is 1.86. The number of hydrogen-bond acceptors (Lipinski definition) is 13. The zero-order chi connectivity index (χ0) is 41.1. The molecule has 3 aliphatic rings. The Labute approximate surface area is 338 Å². The Morgan fingerprint density at radius 2 is 1.44 bits per heavy atom. The summed E-state index contributed by atoms with van der Waals surface area (Å²) >= 11 is 0. The number of rotatable bonds is 20. The smallest absolute Gasteiger partial charge is 0.266 e. The van der Waals surface area contributed by atoms with Crippen molar-refractivity contribution >= 4 is 35.4 Å². The summed E-state index contributed by atoms with van der Waals surface area (Å²) in [6, 6.07) is 15.4. The van der Waals surface area contributed by atoms with E-state index in [2.05, 4.69) is 50.2 Å². The third-order valence-electron chi connectivity index (χ3n) is 9.78. The monoisotopic (exact) mass is 806 g/mol. The highest BCUT2D eigenvalue weighted by atomic mass is 16.5. The Morgan fingerprint density at radius 3 is 2.15 bits per heavy atom. The molecule has 1 fully saturated rings. The maximum Gasteiger partial charge on any atom is 0.266 e. The van der Waals surface area contributed by atoms with Gasteiger partial charge in [-0.2, -0.15) is 0 Å². The van der Waals surface area contributed by atoms with Gasteiger partial charge >= 0.3 is 0 Å². The van der Waals surface area contributed by atoms with E-state index in [1.165, 1.54) is 40.5 Å². The Hall–Kier alpha value is -6.56. The molecule has 4 heterocycles. The summed E-state index contributed by atoms with van der Waals surface area (Å²) in [5, 5.41) is 7.53. The molecule has 7 rings (SSSR count). The molecule has 1 unspecified atom stereocenters. The summed E-state index contributed by atoms with van der Waals surface area (Å²) in [5.74, 6) is -2.95. The summed E-state index contributed by atoms with van der Waals surface area (Å²) < 4.78 is 27.6. The zero-order valence-electron chi connectivity index (χ0n) is 32.0. The first-order valence-corrected chi connectivity index (χ1v) is 19.2. The van der Waals surface area contributed by atoms with Crippen LogP contribution < -0.4 is 25.4 Å². The highest BCUT2D eigenvalue weighted by Gasteiger charge is 2.46. The van der Waals surface area contributed by atoms with E-state index < -0.39 is 42.2 Å². The van der Waals surface area contributed by atoms with Crippen LogP contribution in [0.1, 0.15) is 44.7 Å². The fraction of sp³-hybridized carbons (Fsp3) is 0.333. The van der Waals surface area contributed by atoms with Crippen molar-refractivity contribution in [3.8, 4) is 33.9 Å². The number of piperidine rings is 1. The maximum absolute atomic E-state index is 13.2. The van der Waals surface area contributed by atoms with Crippen LogP contribution in [-0.4, -0.2) is 122 Å². The van der Waals surface area contributed by atoms with Crippen molar-refractivity contribution in [2.45, 2.75) is 25.3 Å². The number of ether oxygens (including phenoxy) is 5. The first kappa shape index (κ1) is 40.6. The molecular weight excluding hydrogens is 764 g/mol. The molecule has 2 aliphatic heterocycles. The van der Waals surface area contributed by atoms with Gasteiger partial charge in [0, 0.05) is 55.3 Å². The Kier molecular flexibility index (Phi) is 13.3. The van der Waals surface area contributed by atoms with Gasteiger partial charge in [0.25, 0.3) is 23.6 Å². The van der Waals surface area contributed by atoms with Crippen molar-refractivity contribution in [2.24, 2.45) is 0 Å². The van der Waals surface area contributed by atoms with Crippen LogP contribution in [0, 0.1) is 0 Å². The zero-order valence-corrected chi connectivity index (χ0v) is 32.0. The minimum atomic E-state index is -1.11. The lowest BCUT2D eigenvalue weighted by Gasteiger charge is -2.27.